The monoisotopic (exact) mass is 428 g/mol. The third-order valence-corrected chi connectivity index (χ3v) is 4.47. The largest absolute Gasteiger partial charge is 0.465 e. The quantitative estimate of drug-likeness (QED) is 0.611. The third kappa shape index (κ3) is 3.88. The number of aromatic nitrogens is 1. The zero-order valence-corrected chi connectivity index (χ0v) is 16.3. The van der Waals surface area contributed by atoms with Crippen molar-refractivity contribution >= 4 is 33.6 Å². The molecule has 0 bridgehead atoms. The molecule has 0 aliphatic carbocycles. The van der Waals surface area contributed by atoms with Crippen LogP contribution in [0, 0.1) is 0 Å². The Kier molecular flexibility index (Phi) is 5.61. The molecule has 0 aliphatic heterocycles. The fourth-order valence-corrected chi connectivity index (χ4v) is 2.98. The summed E-state index contributed by atoms with van der Waals surface area (Å²) in [6, 6.07) is 16.8. The normalized spacial score (nSPS) is 10.3. The van der Waals surface area contributed by atoms with Crippen LogP contribution < -0.4 is 5.43 Å². The summed E-state index contributed by atoms with van der Waals surface area (Å²) < 4.78 is 12.3. The number of anilines is 1. The highest BCUT2D eigenvalue weighted by atomic mass is 79.9. The summed E-state index contributed by atoms with van der Waals surface area (Å²) in [5, 5.41) is 0. The summed E-state index contributed by atoms with van der Waals surface area (Å²) in [6.07, 6.45) is 1.53. The molecule has 0 spiro atoms. The summed E-state index contributed by atoms with van der Waals surface area (Å²) in [5.41, 5.74) is 5.48. The molecule has 0 saturated heterocycles. The number of nitrogens with one attached hydrogen (secondary N) is 1. The second kappa shape index (κ2) is 8.09. The zero-order valence-electron chi connectivity index (χ0n) is 14.7. The van der Waals surface area contributed by atoms with Crippen LogP contribution in [-0.4, -0.2) is 30.8 Å². The average Bonchev–Trinajstić information content (AvgIpc) is 3.08. The second-order valence-corrected chi connectivity index (χ2v) is 6.52. The van der Waals surface area contributed by atoms with Gasteiger partial charge >= 0.3 is 11.9 Å². The summed E-state index contributed by atoms with van der Waals surface area (Å²) in [5.74, 6) is -1.24. The average molecular weight is 429 g/mol. The van der Waals surface area contributed by atoms with Crippen molar-refractivity contribution in [1.82, 2.24) is 4.68 Å². The maximum atomic E-state index is 12.5. The number of nitrogens with zero attached hydrogens (tertiary/aromatic N) is 1. The lowest BCUT2D eigenvalue weighted by molar-refractivity contribution is 0.0557. The van der Waals surface area contributed by atoms with E-state index in [1.54, 1.807) is 4.68 Å². The van der Waals surface area contributed by atoms with Crippen molar-refractivity contribution in [2.75, 3.05) is 19.6 Å². The number of esters is 2. The maximum absolute atomic E-state index is 12.5. The number of ether oxygens (including phenoxy) is 2. The molecule has 0 aliphatic rings. The first-order valence-corrected chi connectivity index (χ1v) is 8.84. The van der Waals surface area contributed by atoms with Gasteiger partial charge in [0.25, 0.3) is 0 Å². The van der Waals surface area contributed by atoms with Crippen LogP contribution >= 0.6 is 15.9 Å². The lowest BCUT2D eigenvalue weighted by atomic mass is 10.0. The topological polar surface area (TPSA) is 69.6 Å². The Bertz CT molecular complexity index is 966. The van der Waals surface area contributed by atoms with Crippen molar-refractivity contribution in [3.63, 3.8) is 0 Å². The van der Waals surface area contributed by atoms with E-state index in [1.165, 1.54) is 20.4 Å². The molecule has 3 rings (SSSR count). The number of carbonyl (C=O) groups excluding carboxylic acids is 2. The van der Waals surface area contributed by atoms with Gasteiger partial charge in [-0.3, -0.25) is 10.1 Å². The third-order valence-electron chi connectivity index (χ3n) is 3.94. The molecule has 0 saturated carbocycles. The highest BCUT2D eigenvalue weighted by molar-refractivity contribution is 9.10. The van der Waals surface area contributed by atoms with E-state index in [-0.39, 0.29) is 11.1 Å². The molecule has 7 heteroatoms. The first-order valence-electron chi connectivity index (χ1n) is 8.05. The Balaban J connectivity index is 2.21. The van der Waals surface area contributed by atoms with Crippen molar-refractivity contribution in [2.45, 2.75) is 0 Å². The van der Waals surface area contributed by atoms with Crippen LogP contribution in [0.2, 0.25) is 0 Å². The molecule has 138 valence electrons. The number of hydrogen-bond acceptors (Lipinski definition) is 5. The van der Waals surface area contributed by atoms with Crippen molar-refractivity contribution in [2.24, 2.45) is 0 Å². The molecule has 0 unspecified atom stereocenters. The van der Waals surface area contributed by atoms with E-state index in [0.29, 0.717) is 5.69 Å². The van der Waals surface area contributed by atoms with Gasteiger partial charge in [0.05, 0.1) is 31.2 Å². The van der Waals surface area contributed by atoms with Crippen molar-refractivity contribution in [3.05, 3.63) is 76.4 Å². The summed E-state index contributed by atoms with van der Waals surface area (Å²) in [6.45, 7) is 0. The number of halogens is 1. The predicted molar refractivity (Wildman–Crippen MR) is 106 cm³/mol. The Hall–Kier alpha value is -3.06. The molecule has 1 N–H and O–H groups in total. The molecule has 0 fully saturated rings. The minimum atomic E-state index is -0.621. The molecule has 27 heavy (non-hydrogen) atoms. The highest BCUT2D eigenvalue weighted by Gasteiger charge is 2.28. The zero-order chi connectivity index (χ0) is 19.4. The highest BCUT2D eigenvalue weighted by Crippen LogP contribution is 2.30. The van der Waals surface area contributed by atoms with Crippen LogP contribution in [0.4, 0.5) is 5.69 Å². The van der Waals surface area contributed by atoms with Crippen molar-refractivity contribution in [1.29, 1.82) is 0 Å². The fourth-order valence-electron chi connectivity index (χ4n) is 2.71. The summed E-state index contributed by atoms with van der Waals surface area (Å²) >= 11 is 3.40. The second-order valence-electron chi connectivity index (χ2n) is 5.60. The smallest absolute Gasteiger partial charge is 0.341 e. The van der Waals surface area contributed by atoms with E-state index >= 15 is 0 Å². The molecular formula is C20H17BrN2O4. The standard InChI is InChI=1S/C20H17BrN2O4/c1-26-19(24)16-12-23(22-15-10-8-14(21)9-11-15)18(17(16)20(25)27-2)13-6-4-3-5-7-13/h3-12,22H,1-2H3. The molecule has 0 radical (unpaired) electrons. The first-order chi connectivity index (χ1) is 13.0. The van der Waals surface area contributed by atoms with Crippen LogP contribution in [0.25, 0.3) is 11.3 Å². The van der Waals surface area contributed by atoms with E-state index in [9.17, 15) is 9.59 Å². The van der Waals surface area contributed by atoms with Gasteiger partial charge in [0.2, 0.25) is 0 Å². The molecular weight excluding hydrogens is 412 g/mol. The Labute approximate surface area is 164 Å². The number of hydrogen-bond donors (Lipinski definition) is 1. The fraction of sp³-hybridized carbons (Fsp3) is 0.100. The molecule has 6 nitrogen and oxygen atoms in total. The molecule has 0 atom stereocenters. The Morgan fingerprint density at radius 1 is 0.926 bits per heavy atom. The number of rotatable bonds is 5. The molecule has 0 amide bonds. The van der Waals surface area contributed by atoms with E-state index in [4.69, 9.17) is 9.47 Å². The molecule has 3 aromatic rings. The van der Waals surface area contributed by atoms with Crippen LogP contribution in [0.1, 0.15) is 20.7 Å². The molecule has 1 aromatic heterocycles. The van der Waals surface area contributed by atoms with E-state index in [1.807, 2.05) is 54.6 Å². The van der Waals surface area contributed by atoms with E-state index in [2.05, 4.69) is 21.4 Å². The molecule has 2 aromatic carbocycles. The lowest BCUT2D eigenvalue weighted by Crippen LogP contribution is -2.12. The molecule has 1 heterocycles. The van der Waals surface area contributed by atoms with Gasteiger partial charge in [0.15, 0.2) is 0 Å². The van der Waals surface area contributed by atoms with Gasteiger partial charge in [-0.05, 0) is 24.3 Å². The van der Waals surface area contributed by atoms with E-state index < -0.39 is 11.9 Å². The maximum Gasteiger partial charge on any atom is 0.341 e. The van der Waals surface area contributed by atoms with Gasteiger partial charge in [-0.2, -0.15) is 0 Å². The van der Waals surface area contributed by atoms with Gasteiger partial charge in [-0.25, -0.2) is 9.59 Å². The van der Waals surface area contributed by atoms with Crippen LogP contribution in [0.15, 0.2) is 65.3 Å². The Morgan fingerprint density at radius 2 is 1.56 bits per heavy atom. The van der Waals surface area contributed by atoms with Crippen LogP contribution in [-0.2, 0) is 9.47 Å². The number of benzene rings is 2. The number of methoxy groups -OCH3 is 2. The van der Waals surface area contributed by atoms with Gasteiger partial charge in [-0.1, -0.05) is 46.3 Å². The lowest BCUT2D eigenvalue weighted by Gasteiger charge is -2.13. The van der Waals surface area contributed by atoms with Crippen molar-refractivity contribution in [3.8, 4) is 11.3 Å². The van der Waals surface area contributed by atoms with Gasteiger partial charge in [-0.15, -0.1) is 0 Å². The van der Waals surface area contributed by atoms with Crippen molar-refractivity contribution < 1.29 is 19.1 Å². The van der Waals surface area contributed by atoms with Gasteiger partial charge in [0.1, 0.15) is 5.56 Å². The SMILES string of the molecule is COC(=O)c1cn(Nc2ccc(Br)cc2)c(-c2ccccc2)c1C(=O)OC. The number of carbonyl (C=O) groups is 2. The first kappa shape index (κ1) is 18.7. The van der Waals surface area contributed by atoms with E-state index in [0.717, 1.165) is 15.7 Å². The van der Waals surface area contributed by atoms with Gasteiger partial charge in [0, 0.05) is 16.2 Å². The summed E-state index contributed by atoms with van der Waals surface area (Å²) in [7, 11) is 2.54. The summed E-state index contributed by atoms with van der Waals surface area (Å²) in [4.78, 5) is 24.8. The predicted octanol–water partition coefficient (Wildman–Crippen LogP) is 4.37. The van der Waals surface area contributed by atoms with Crippen LogP contribution in [0.3, 0.4) is 0 Å². The Morgan fingerprint density at radius 3 is 2.15 bits per heavy atom. The van der Waals surface area contributed by atoms with Crippen LogP contribution in [0.5, 0.6) is 0 Å². The van der Waals surface area contributed by atoms with Gasteiger partial charge < -0.3 is 9.47 Å². The minimum Gasteiger partial charge on any atom is -0.465 e. The minimum absolute atomic E-state index is 0.118.